The van der Waals surface area contributed by atoms with Crippen LogP contribution in [-0.2, 0) is 4.74 Å². The number of nitrogens with two attached hydrogens (primary N) is 1. The number of pyridine rings is 1. The number of nitrogens with zero attached hydrogens (tertiary/aromatic N) is 1. The molecule has 13 heavy (non-hydrogen) atoms. The number of hydrogen-bond donors (Lipinski definition) is 2. The van der Waals surface area contributed by atoms with Gasteiger partial charge in [-0.05, 0) is 22.0 Å². The number of hydrogen-bond acceptors (Lipinski definition) is 4. The Morgan fingerprint density at radius 3 is 3.08 bits per heavy atom. The van der Waals surface area contributed by atoms with Gasteiger partial charge in [-0.15, -0.1) is 0 Å². The molecule has 0 saturated carbocycles. The minimum Gasteiger partial charge on any atom is -0.383 e. The van der Waals surface area contributed by atoms with Crippen LogP contribution in [0.1, 0.15) is 0 Å². The third-order valence-corrected chi connectivity index (χ3v) is 2.20. The molecule has 0 aliphatic rings. The van der Waals surface area contributed by atoms with Crippen LogP contribution in [-0.4, -0.2) is 25.2 Å². The molecule has 72 valence electrons. The number of methoxy groups -OCH3 is 1. The number of ether oxygens (including phenoxy) is 1. The molecule has 0 bridgehead atoms. The topological polar surface area (TPSA) is 60.2 Å². The molecule has 0 aromatic carbocycles. The number of anilines is 2. The smallest absolute Gasteiger partial charge is 0.147 e. The Labute approximate surface area is 85.6 Å². The van der Waals surface area contributed by atoms with Gasteiger partial charge >= 0.3 is 0 Å². The molecule has 0 saturated heterocycles. The van der Waals surface area contributed by atoms with Gasteiger partial charge in [0.05, 0.1) is 12.3 Å². The van der Waals surface area contributed by atoms with E-state index in [0.717, 1.165) is 10.2 Å². The summed E-state index contributed by atoms with van der Waals surface area (Å²) in [7, 11) is 1.66. The Hall–Kier alpha value is -0.810. The number of nitrogens with one attached hydrogen (secondary N) is 1. The Kier molecular flexibility index (Phi) is 3.98. The van der Waals surface area contributed by atoms with Gasteiger partial charge in [-0.25, -0.2) is 4.98 Å². The highest BCUT2D eigenvalue weighted by Gasteiger charge is 2.03. The van der Waals surface area contributed by atoms with Crippen LogP contribution in [0.4, 0.5) is 11.5 Å². The number of nitrogen functional groups attached to an aromatic ring is 1. The van der Waals surface area contributed by atoms with E-state index in [1.165, 1.54) is 0 Å². The van der Waals surface area contributed by atoms with Crippen LogP contribution in [0.25, 0.3) is 0 Å². The first kappa shape index (κ1) is 10.3. The fourth-order valence-corrected chi connectivity index (χ4v) is 1.37. The molecule has 0 unspecified atom stereocenters. The van der Waals surface area contributed by atoms with Gasteiger partial charge in [0, 0.05) is 24.3 Å². The summed E-state index contributed by atoms with van der Waals surface area (Å²) in [4.78, 5) is 3.96. The first-order valence-corrected chi connectivity index (χ1v) is 4.67. The molecule has 1 heterocycles. The van der Waals surface area contributed by atoms with E-state index in [2.05, 4.69) is 26.2 Å². The maximum absolute atomic E-state index is 5.66. The largest absolute Gasteiger partial charge is 0.383 e. The zero-order valence-corrected chi connectivity index (χ0v) is 8.97. The molecular formula is C8H12BrN3O. The van der Waals surface area contributed by atoms with Crippen LogP contribution in [0.5, 0.6) is 0 Å². The van der Waals surface area contributed by atoms with Crippen LogP contribution in [0.15, 0.2) is 16.7 Å². The SMILES string of the molecule is COCCNc1c(Br)ccnc1N. The monoisotopic (exact) mass is 245 g/mol. The van der Waals surface area contributed by atoms with Crippen molar-refractivity contribution >= 4 is 27.4 Å². The van der Waals surface area contributed by atoms with Gasteiger partial charge in [-0.3, -0.25) is 0 Å². The van der Waals surface area contributed by atoms with Crippen LogP contribution in [0.3, 0.4) is 0 Å². The van der Waals surface area contributed by atoms with Gasteiger partial charge in [0.1, 0.15) is 5.82 Å². The van der Waals surface area contributed by atoms with Gasteiger partial charge in [-0.2, -0.15) is 0 Å². The standard InChI is InChI=1S/C8H12BrN3O/c1-13-5-4-11-7-6(9)2-3-12-8(7)10/h2-3,11H,4-5H2,1H3,(H2,10,12). The molecule has 0 fully saturated rings. The van der Waals surface area contributed by atoms with Gasteiger partial charge in [0.15, 0.2) is 0 Å². The molecule has 1 rings (SSSR count). The zero-order valence-electron chi connectivity index (χ0n) is 7.38. The van der Waals surface area contributed by atoms with E-state index in [4.69, 9.17) is 10.5 Å². The van der Waals surface area contributed by atoms with Gasteiger partial charge in [-0.1, -0.05) is 0 Å². The summed E-state index contributed by atoms with van der Waals surface area (Å²) in [5, 5.41) is 3.12. The van der Waals surface area contributed by atoms with E-state index in [1.807, 2.05) is 6.07 Å². The number of halogens is 1. The van der Waals surface area contributed by atoms with E-state index in [9.17, 15) is 0 Å². The van der Waals surface area contributed by atoms with Crippen LogP contribution < -0.4 is 11.1 Å². The summed E-state index contributed by atoms with van der Waals surface area (Å²) in [6, 6.07) is 1.84. The molecular weight excluding hydrogens is 234 g/mol. The van der Waals surface area contributed by atoms with Crippen molar-refractivity contribution in [3.8, 4) is 0 Å². The van der Waals surface area contributed by atoms with Crippen molar-refractivity contribution in [3.63, 3.8) is 0 Å². The van der Waals surface area contributed by atoms with Crippen molar-refractivity contribution < 1.29 is 4.74 Å². The maximum Gasteiger partial charge on any atom is 0.147 e. The predicted octanol–water partition coefficient (Wildman–Crippen LogP) is 1.48. The van der Waals surface area contributed by atoms with Crippen molar-refractivity contribution in [2.75, 3.05) is 31.3 Å². The molecule has 0 amide bonds. The second kappa shape index (κ2) is 5.04. The molecule has 3 N–H and O–H groups in total. The van der Waals surface area contributed by atoms with E-state index < -0.39 is 0 Å². The van der Waals surface area contributed by atoms with Crippen molar-refractivity contribution in [2.24, 2.45) is 0 Å². The lowest BCUT2D eigenvalue weighted by molar-refractivity contribution is 0.211. The second-order valence-electron chi connectivity index (χ2n) is 2.47. The number of aromatic nitrogens is 1. The summed E-state index contributed by atoms with van der Waals surface area (Å²) >= 11 is 3.38. The fourth-order valence-electron chi connectivity index (χ4n) is 0.906. The van der Waals surface area contributed by atoms with Crippen LogP contribution >= 0.6 is 15.9 Å². The minimum atomic E-state index is 0.491. The van der Waals surface area contributed by atoms with Crippen molar-refractivity contribution in [2.45, 2.75) is 0 Å². The molecule has 0 atom stereocenters. The average molecular weight is 246 g/mol. The van der Waals surface area contributed by atoms with Crippen molar-refractivity contribution in [1.29, 1.82) is 0 Å². The molecule has 5 heteroatoms. The third kappa shape index (κ3) is 2.86. The maximum atomic E-state index is 5.66. The average Bonchev–Trinajstić information content (AvgIpc) is 2.10. The highest BCUT2D eigenvalue weighted by Crippen LogP contribution is 2.25. The fraction of sp³-hybridized carbons (Fsp3) is 0.375. The summed E-state index contributed by atoms with van der Waals surface area (Å²) in [6.07, 6.45) is 1.65. The first-order chi connectivity index (χ1) is 6.25. The molecule has 0 aliphatic heterocycles. The highest BCUT2D eigenvalue weighted by atomic mass is 79.9. The minimum absolute atomic E-state index is 0.491. The van der Waals surface area contributed by atoms with E-state index in [0.29, 0.717) is 19.0 Å². The van der Waals surface area contributed by atoms with Gasteiger partial charge in [0.2, 0.25) is 0 Å². The van der Waals surface area contributed by atoms with E-state index >= 15 is 0 Å². The lowest BCUT2D eigenvalue weighted by Crippen LogP contribution is -2.10. The van der Waals surface area contributed by atoms with Crippen molar-refractivity contribution in [3.05, 3.63) is 16.7 Å². The van der Waals surface area contributed by atoms with Gasteiger partial charge < -0.3 is 15.8 Å². The summed E-state index contributed by atoms with van der Waals surface area (Å²) in [5.74, 6) is 0.491. The third-order valence-electron chi connectivity index (χ3n) is 1.54. The van der Waals surface area contributed by atoms with Crippen LogP contribution in [0, 0.1) is 0 Å². The van der Waals surface area contributed by atoms with E-state index in [-0.39, 0.29) is 0 Å². The second-order valence-corrected chi connectivity index (χ2v) is 3.33. The molecule has 1 aromatic heterocycles. The molecule has 4 nitrogen and oxygen atoms in total. The van der Waals surface area contributed by atoms with Crippen molar-refractivity contribution in [1.82, 2.24) is 4.98 Å². The molecule has 0 spiro atoms. The lowest BCUT2D eigenvalue weighted by atomic mass is 10.4. The summed E-state index contributed by atoms with van der Waals surface area (Å²) in [5.41, 5.74) is 6.48. The normalized spacial score (nSPS) is 10.0. The highest BCUT2D eigenvalue weighted by molar-refractivity contribution is 9.10. The number of rotatable bonds is 4. The Morgan fingerprint density at radius 2 is 2.46 bits per heavy atom. The summed E-state index contributed by atoms with van der Waals surface area (Å²) < 4.78 is 5.82. The Bertz CT molecular complexity index is 260. The molecule has 1 aromatic rings. The predicted molar refractivity (Wildman–Crippen MR) is 56.7 cm³/mol. The Morgan fingerprint density at radius 1 is 1.69 bits per heavy atom. The molecule has 0 aliphatic carbocycles. The quantitative estimate of drug-likeness (QED) is 0.790. The zero-order chi connectivity index (χ0) is 9.68. The summed E-state index contributed by atoms with van der Waals surface area (Å²) in [6.45, 7) is 1.35. The Balaban J connectivity index is 2.64. The first-order valence-electron chi connectivity index (χ1n) is 3.88. The van der Waals surface area contributed by atoms with Crippen LogP contribution in [0.2, 0.25) is 0 Å². The van der Waals surface area contributed by atoms with Gasteiger partial charge in [0.25, 0.3) is 0 Å². The molecule has 0 radical (unpaired) electrons. The lowest BCUT2D eigenvalue weighted by Gasteiger charge is -2.09. The van der Waals surface area contributed by atoms with E-state index in [1.54, 1.807) is 13.3 Å².